The van der Waals surface area contributed by atoms with Crippen LogP contribution in [-0.4, -0.2) is 17.7 Å². The highest BCUT2D eigenvalue weighted by molar-refractivity contribution is 6.45. The van der Waals surface area contributed by atoms with Gasteiger partial charge in [0.1, 0.15) is 16.4 Å². The van der Waals surface area contributed by atoms with Crippen LogP contribution in [0.2, 0.25) is 0 Å². The molecule has 74 valence electrons. The zero-order valence-corrected chi connectivity index (χ0v) is 8.97. The number of aromatic nitrogens is 1. The highest BCUT2D eigenvalue weighted by Gasteiger charge is 2.11. The fourth-order valence-corrected chi connectivity index (χ4v) is 1.15. The second kappa shape index (κ2) is 4.88. The van der Waals surface area contributed by atoms with E-state index in [1.165, 1.54) is 0 Å². The highest BCUT2D eigenvalue weighted by atomic mass is 35.5. The molecule has 0 saturated carbocycles. The van der Waals surface area contributed by atoms with Crippen molar-refractivity contribution in [1.82, 2.24) is 4.98 Å². The smallest absolute Gasteiger partial charge is 0.124 e. The summed E-state index contributed by atoms with van der Waals surface area (Å²) in [6.45, 7) is 1.87. The molecular formula is C10H13ClN3+. The van der Waals surface area contributed by atoms with E-state index in [9.17, 15) is 0 Å². The molecule has 0 aliphatic rings. The van der Waals surface area contributed by atoms with Gasteiger partial charge in [0.25, 0.3) is 0 Å². The maximum atomic E-state index is 7.80. The molecule has 0 bridgehead atoms. The Morgan fingerprint density at radius 3 is 2.71 bits per heavy atom. The molecule has 0 radical (unpaired) electrons. The van der Waals surface area contributed by atoms with Gasteiger partial charge in [-0.2, -0.15) is 0 Å². The maximum Gasteiger partial charge on any atom is 0.124 e. The van der Waals surface area contributed by atoms with Gasteiger partial charge in [-0.15, -0.1) is 0 Å². The largest absolute Gasteiger partial charge is 0.319 e. The van der Waals surface area contributed by atoms with Crippen molar-refractivity contribution in [3.63, 3.8) is 0 Å². The Bertz CT molecular complexity index is 357. The average molecular weight is 211 g/mol. The van der Waals surface area contributed by atoms with E-state index in [1.807, 2.05) is 31.4 Å². The molecule has 0 atom stereocenters. The molecule has 0 fully saturated rings. The standard InChI is InChI=1S/C10H12ClN3/c1-7(13-2)9(11)10(12)8-5-3-4-6-14-8/h3-6,12-13H,1-2H3/p+1. The summed E-state index contributed by atoms with van der Waals surface area (Å²) in [5, 5.41) is 10.1. The summed E-state index contributed by atoms with van der Waals surface area (Å²) >= 11 is 6.00. The quantitative estimate of drug-likeness (QED) is 0.722. The van der Waals surface area contributed by atoms with Crippen LogP contribution in [0, 0.1) is 5.41 Å². The lowest BCUT2D eigenvalue weighted by molar-refractivity contribution is -0.576. The normalized spacial score (nSPS) is 12.2. The van der Waals surface area contributed by atoms with E-state index in [2.05, 4.69) is 4.98 Å². The second-order valence-electron chi connectivity index (χ2n) is 2.88. The van der Waals surface area contributed by atoms with Crippen LogP contribution in [0.1, 0.15) is 12.6 Å². The van der Waals surface area contributed by atoms with Crippen molar-refractivity contribution in [2.24, 2.45) is 0 Å². The molecule has 3 N–H and O–H groups in total. The van der Waals surface area contributed by atoms with E-state index in [4.69, 9.17) is 17.0 Å². The minimum atomic E-state index is 0.267. The molecule has 0 aromatic carbocycles. The average Bonchev–Trinajstić information content (AvgIpc) is 2.27. The van der Waals surface area contributed by atoms with Crippen molar-refractivity contribution in [3.8, 4) is 0 Å². The van der Waals surface area contributed by atoms with Gasteiger partial charge in [-0.3, -0.25) is 10.4 Å². The number of hydrogen-bond acceptors (Lipinski definition) is 2. The summed E-state index contributed by atoms with van der Waals surface area (Å²) in [5.41, 5.74) is 1.75. The molecule has 1 aromatic rings. The Kier molecular flexibility index (Phi) is 3.80. The Hall–Kier alpha value is -1.19. The van der Waals surface area contributed by atoms with Crippen LogP contribution in [0.5, 0.6) is 0 Å². The van der Waals surface area contributed by atoms with Gasteiger partial charge in [0.05, 0.1) is 12.7 Å². The summed E-state index contributed by atoms with van der Waals surface area (Å²) < 4.78 is 0. The Morgan fingerprint density at radius 1 is 1.50 bits per heavy atom. The summed E-state index contributed by atoms with van der Waals surface area (Å²) in [5.74, 6) is 0. The molecule has 3 nitrogen and oxygen atoms in total. The van der Waals surface area contributed by atoms with Gasteiger partial charge in [-0.25, -0.2) is 0 Å². The summed E-state index contributed by atoms with van der Waals surface area (Å²) in [6, 6.07) is 5.42. The topological polar surface area (TPSA) is 53.4 Å². The van der Waals surface area contributed by atoms with E-state index in [0.717, 1.165) is 5.70 Å². The molecule has 0 amide bonds. The molecule has 14 heavy (non-hydrogen) atoms. The molecule has 0 aliphatic carbocycles. The first-order valence-electron chi connectivity index (χ1n) is 4.33. The molecule has 1 aromatic heterocycles. The van der Waals surface area contributed by atoms with E-state index in [0.29, 0.717) is 10.7 Å². The van der Waals surface area contributed by atoms with Crippen LogP contribution in [0.4, 0.5) is 0 Å². The molecule has 0 saturated heterocycles. The maximum absolute atomic E-state index is 7.80. The van der Waals surface area contributed by atoms with E-state index < -0.39 is 0 Å². The SMILES string of the molecule is C[NH2+]C(C)=C(Cl)C(=N)c1ccccn1. The van der Waals surface area contributed by atoms with Crippen LogP contribution < -0.4 is 5.32 Å². The number of nitrogens with zero attached hydrogens (tertiary/aromatic N) is 1. The van der Waals surface area contributed by atoms with Crippen molar-refractivity contribution in [1.29, 1.82) is 5.41 Å². The molecule has 0 spiro atoms. The van der Waals surface area contributed by atoms with Crippen molar-refractivity contribution in [3.05, 3.63) is 40.8 Å². The lowest BCUT2D eigenvalue weighted by atomic mass is 10.2. The summed E-state index contributed by atoms with van der Waals surface area (Å²) in [4.78, 5) is 4.06. The number of hydrogen-bond donors (Lipinski definition) is 2. The lowest BCUT2D eigenvalue weighted by Crippen LogP contribution is -2.77. The van der Waals surface area contributed by atoms with E-state index >= 15 is 0 Å². The number of quaternary nitrogens is 1. The predicted octanol–water partition coefficient (Wildman–Crippen LogP) is 1.11. The van der Waals surface area contributed by atoms with E-state index in [1.54, 1.807) is 12.3 Å². The van der Waals surface area contributed by atoms with Crippen LogP contribution in [0.15, 0.2) is 35.1 Å². The van der Waals surface area contributed by atoms with Crippen molar-refractivity contribution in [2.45, 2.75) is 6.92 Å². The van der Waals surface area contributed by atoms with Crippen molar-refractivity contribution in [2.75, 3.05) is 7.05 Å². The minimum Gasteiger partial charge on any atom is -0.319 e. The Labute approximate surface area is 88.3 Å². The van der Waals surface area contributed by atoms with Crippen LogP contribution >= 0.6 is 11.6 Å². The molecule has 0 unspecified atom stereocenters. The Balaban J connectivity index is 2.98. The second-order valence-corrected chi connectivity index (χ2v) is 3.25. The van der Waals surface area contributed by atoms with Gasteiger partial charge >= 0.3 is 0 Å². The van der Waals surface area contributed by atoms with Crippen LogP contribution in [0.3, 0.4) is 0 Å². The molecular weight excluding hydrogens is 198 g/mol. The van der Waals surface area contributed by atoms with Gasteiger partial charge < -0.3 is 5.32 Å². The summed E-state index contributed by atoms with van der Waals surface area (Å²) in [7, 11) is 1.89. The van der Waals surface area contributed by atoms with Gasteiger partial charge in [-0.1, -0.05) is 17.7 Å². The third-order valence-corrected chi connectivity index (χ3v) is 2.41. The van der Waals surface area contributed by atoms with Gasteiger partial charge in [0.15, 0.2) is 0 Å². The highest BCUT2D eigenvalue weighted by Crippen LogP contribution is 2.11. The molecule has 4 heteroatoms. The first-order valence-corrected chi connectivity index (χ1v) is 4.70. The third-order valence-electron chi connectivity index (χ3n) is 1.92. The molecule has 1 rings (SSSR count). The van der Waals surface area contributed by atoms with Crippen LogP contribution in [0.25, 0.3) is 0 Å². The zero-order chi connectivity index (χ0) is 10.6. The fourth-order valence-electron chi connectivity index (χ4n) is 0.947. The fraction of sp³-hybridized carbons (Fsp3) is 0.200. The number of rotatable bonds is 3. The van der Waals surface area contributed by atoms with E-state index in [-0.39, 0.29) is 5.71 Å². The van der Waals surface area contributed by atoms with Gasteiger partial charge in [0, 0.05) is 13.1 Å². The van der Waals surface area contributed by atoms with Gasteiger partial charge in [-0.05, 0) is 12.1 Å². The molecule has 1 heterocycles. The first-order chi connectivity index (χ1) is 6.66. The van der Waals surface area contributed by atoms with Crippen molar-refractivity contribution >= 4 is 17.3 Å². The zero-order valence-electron chi connectivity index (χ0n) is 8.21. The lowest BCUT2D eigenvalue weighted by Gasteiger charge is -2.02. The predicted molar refractivity (Wildman–Crippen MR) is 57.5 cm³/mol. The number of nitrogens with two attached hydrogens (primary N) is 1. The number of pyridine rings is 1. The molecule has 0 aliphatic heterocycles. The van der Waals surface area contributed by atoms with Gasteiger partial charge in [0.2, 0.25) is 0 Å². The van der Waals surface area contributed by atoms with Crippen molar-refractivity contribution < 1.29 is 5.32 Å². The first kappa shape index (κ1) is 10.9. The Morgan fingerprint density at radius 2 is 2.21 bits per heavy atom. The number of halogens is 1. The van der Waals surface area contributed by atoms with Crippen LogP contribution in [-0.2, 0) is 0 Å². The number of nitrogens with one attached hydrogen (secondary N) is 1. The minimum absolute atomic E-state index is 0.267. The monoisotopic (exact) mass is 210 g/mol. The third kappa shape index (κ3) is 2.40. The number of allylic oxidation sites excluding steroid dienone is 2. The summed E-state index contributed by atoms with van der Waals surface area (Å²) in [6.07, 6.45) is 1.65.